The van der Waals surface area contributed by atoms with Crippen LogP contribution < -0.4 is 0 Å². The molecule has 1 aromatic rings. The molecule has 0 saturated heterocycles. The van der Waals surface area contributed by atoms with Gasteiger partial charge < -0.3 is 0 Å². The maximum absolute atomic E-state index is 3.62. The van der Waals surface area contributed by atoms with Gasteiger partial charge in [-0.3, -0.25) is 0 Å². The van der Waals surface area contributed by atoms with E-state index in [9.17, 15) is 0 Å². The summed E-state index contributed by atoms with van der Waals surface area (Å²) in [6.45, 7) is 11.7. The van der Waals surface area contributed by atoms with E-state index in [0.717, 1.165) is 0 Å². The Hall–Kier alpha value is -0.0562. The molecule has 0 atom stereocenters. The summed E-state index contributed by atoms with van der Waals surface area (Å²) < 4.78 is 1.38. The molecule has 0 bridgehead atoms. The average molecular weight is 372 g/mol. The van der Waals surface area contributed by atoms with Crippen LogP contribution in [-0.2, 0) is 6.04 Å². The fraction of sp³-hybridized carbons (Fsp3) is 0.429. The highest BCUT2D eigenvalue weighted by molar-refractivity contribution is 14.1. The van der Waals surface area contributed by atoms with Crippen LogP contribution in [0.1, 0.15) is 5.56 Å². The Bertz CT molecular complexity index is 447. The summed E-state index contributed by atoms with van der Waals surface area (Å²) in [4.78, 5) is 0. The van der Waals surface area contributed by atoms with Crippen LogP contribution in [0.2, 0.25) is 32.7 Å². The Balaban J connectivity index is 2.86. The number of hydrogen-bond donors (Lipinski definition) is 0. The van der Waals surface area contributed by atoms with Gasteiger partial charge in [-0.2, -0.15) is 0 Å². The van der Waals surface area contributed by atoms with E-state index in [1.165, 1.54) is 15.2 Å². The lowest BCUT2D eigenvalue weighted by Gasteiger charge is -2.17. The fourth-order valence-electron chi connectivity index (χ4n) is 1.52. The second-order valence-corrected chi connectivity index (χ2v) is 16.4. The molecule has 17 heavy (non-hydrogen) atoms. The fourth-order valence-corrected chi connectivity index (χ4v) is 6.66. The number of rotatable bonds is 2. The Morgan fingerprint density at radius 2 is 1.59 bits per heavy atom. The third-order valence-corrected chi connectivity index (χ3v) is 6.61. The van der Waals surface area contributed by atoms with Crippen LogP contribution in [0.3, 0.4) is 0 Å². The van der Waals surface area contributed by atoms with Gasteiger partial charge in [-0.25, -0.2) is 0 Å². The van der Waals surface area contributed by atoms with E-state index in [-0.39, 0.29) is 0 Å². The molecule has 1 aromatic carbocycles. The molecule has 0 fully saturated rings. The molecule has 0 radical (unpaired) electrons. The van der Waals surface area contributed by atoms with Crippen molar-refractivity contribution in [2.45, 2.75) is 38.8 Å². The molecule has 0 spiro atoms. The van der Waals surface area contributed by atoms with Crippen LogP contribution in [0.25, 0.3) is 0 Å². The van der Waals surface area contributed by atoms with Crippen molar-refractivity contribution in [1.29, 1.82) is 0 Å². The van der Waals surface area contributed by atoms with E-state index < -0.39 is 16.1 Å². The molecule has 0 aliphatic carbocycles. The highest BCUT2D eigenvalue weighted by Gasteiger charge is 2.20. The van der Waals surface area contributed by atoms with Gasteiger partial charge in [-0.15, -0.1) is 11.1 Å². The van der Waals surface area contributed by atoms with E-state index in [1.54, 1.807) is 0 Å². The number of halogens is 1. The van der Waals surface area contributed by atoms with Crippen LogP contribution in [0, 0.1) is 14.7 Å². The lowest BCUT2D eigenvalue weighted by molar-refractivity contribution is 1.30. The van der Waals surface area contributed by atoms with E-state index in [1.807, 2.05) is 0 Å². The standard InChI is InChI=1S/C14H21ISi2/c1-16(2,3)10-11-17(4,5)12-13-8-6-7-9-14(13)15/h6-9H,12H2,1-5H3. The van der Waals surface area contributed by atoms with Crippen LogP contribution >= 0.6 is 22.6 Å². The lowest BCUT2D eigenvalue weighted by atomic mass is 10.2. The first kappa shape index (κ1) is 15.0. The molecule has 0 unspecified atom stereocenters. The predicted octanol–water partition coefficient (Wildman–Crippen LogP) is 4.50. The Morgan fingerprint density at radius 1 is 1.00 bits per heavy atom. The number of hydrogen-bond acceptors (Lipinski definition) is 0. The molecule has 3 heteroatoms. The summed E-state index contributed by atoms with van der Waals surface area (Å²) in [5.74, 6) is 0. The van der Waals surface area contributed by atoms with Crippen LogP contribution in [0.5, 0.6) is 0 Å². The normalized spacial score (nSPS) is 11.9. The van der Waals surface area contributed by atoms with Gasteiger partial charge in [-0.05, 0) is 40.3 Å². The molecule has 1 rings (SSSR count). The second-order valence-electron chi connectivity index (χ2n) is 6.15. The van der Waals surface area contributed by atoms with E-state index in [2.05, 4.69) is 90.7 Å². The molecule has 92 valence electrons. The van der Waals surface area contributed by atoms with Crippen molar-refractivity contribution < 1.29 is 0 Å². The van der Waals surface area contributed by atoms with Gasteiger partial charge in [0, 0.05) is 3.57 Å². The minimum atomic E-state index is -1.42. The SMILES string of the molecule is C[Si](C)(C)C#C[Si](C)(C)Cc1ccccc1I. The first-order valence-corrected chi connectivity index (χ1v) is 13.8. The molecule has 0 amide bonds. The minimum absolute atomic E-state index is 1.17. The highest BCUT2D eigenvalue weighted by atomic mass is 127. The van der Waals surface area contributed by atoms with Gasteiger partial charge in [0.25, 0.3) is 0 Å². The average Bonchev–Trinajstić information content (AvgIpc) is 2.18. The van der Waals surface area contributed by atoms with E-state index in [4.69, 9.17) is 0 Å². The van der Waals surface area contributed by atoms with E-state index >= 15 is 0 Å². The summed E-state index contributed by atoms with van der Waals surface area (Å²) >= 11 is 2.43. The first-order chi connectivity index (χ1) is 7.70. The van der Waals surface area contributed by atoms with Crippen molar-refractivity contribution >= 4 is 38.7 Å². The van der Waals surface area contributed by atoms with Gasteiger partial charge >= 0.3 is 0 Å². The van der Waals surface area contributed by atoms with Crippen molar-refractivity contribution in [3.8, 4) is 11.1 Å². The molecule has 0 saturated carbocycles. The van der Waals surface area contributed by atoms with Crippen molar-refractivity contribution in [3.05, 3.63) is 33.4 Å². The van der Waals surface area contributed by atoms with Crippen LogP contribution in [0.4, 0.5) is 0 Å². The van der Waals surface area contributed by atoms with Crippen molar-refractivity contribution in [2.75, 3.05) is 0 Å². The maximum atomic E-state index is 3.62. The Morgan fingerprint density at radius 3 is 2.12 bits per heavy atom. The smallest absolute Gasteiger partial charge is 0.135 e. The quantitative estimate of drug-likeness (QED) is 0.407. The zero-order chi connectivity index (χ0) is 13.1. The van der Waals surface area contributed by atoms with Crippen LogP contribution in [0.15, 0.2) is 24.3 Å². The molecular formula is C14H21ISi2. The highest BCUT2D eigenvalue weighted by Crippen LogP contribution is 2.17. The van der Waals surface area contributed by atoms with Gasteiger partial charge in [0.15, 0.2) is 0 Å². The number of benzene rings is 1. The van der Waals surface area contributed by atoms with Crippen LogP contribution in [-0.4, -0.2) is 16.1 Å². The monoisotopic (exact) mass is 372 g/mol. The summed E-state index contributed by atoms with van der Waals surface area (Å²) in [5.41, 5.74) is 8.64. The molecule has 0 aliphatic rings. The predicted molar refractivity (Wildman–Crippen MR) is 91.5 cm³/mol. The zero-order valence-electron chi connectivity index (χ0n) is 11.4. The summed E-state index contributed by atoms with van der Waals surface area (Å²) in [6, 6.07) is 9.84. The van der Waals surface area contributed by atoms with Gasteiger partial charge in [0.2, 0.25) is 0 Å². The zero-order valence-corrected chi connectivity index (χ0v) is 15.6. The van der Waals surface area contributed by atoms with E-state index in [0.29, 0.717) is 0 Å². The third-order valence-electron chi connectivity index (χ3n) is 2.37. The topological polar surface area (TPSA) is 0 Å². The summed E-state index contributed by atoms with van der Waals surface area (Å²) in [6.07, 6.45) is 0. The van der Waals surface area contributed by atoms with Crippen molar-refractivity contribution in [1.82, 2.24) is 0 Å². The van der Waals surface area contributed by atoms with Crippen molar-refractivity contribution in [2.24, 2.45) is 0 Å². The van der Waals surface area contributed by atoms with Gasteiger partial charge in [0.05, 0.1) is 0 Å². The maximum Gasteiger partial charge on any atom is 0.135 e. The Labute approximate surface area is 121 Å². The van der Waals surface area contributed by atoms with Crippen molar-refractivity contribution in [3.63, 3.8) is 0 Å². The molecule has 0 heterocycles. The largest absolute Gasteiger partial charge is 0.139 e. The Kier molecular flexibility index (Phi) is 5.05. The van der Waals surface area contributed by atoms with Gasteiger partial charge in [-0.1, -0.05) is 50.9 Å². The molecule has 0 aromatic heterocycles. The molecular weight excluding hydrogens is 351 g/mol. The first-order valence-electron chi connectivity index (χ1n) is 5.97. The van der Waals surface area contributed by atoms with Gasteiger partial charge in [0.1, 0.15) is 16.1 Å². The molecule has 0 aliphatic heterocycles. The lowest BCUT2D eigenvalue weighted by Crippen LogP contribution is -2.30. The third kappa shape index (κ3) is 5.89. The summed E-state index contributed by atoms with van der Waals surface area (Å²) in [5, 5.41) is 0. The second kappa shape index (κ2) is 5.72. The molecule has 0 nitrogen and oxygen atoms in total. The summed E-state index contributed by atoms with van der Waals surface area (Å²) in [7, 11) is -2.64. The molecule has 0 N–H and O–H groups in total. The minimum Gasteiger partial charge on any atom is -0.139 e.